The molecular weight excluding hydrogens is 494 g/mol. The second-order valence-electron chi connectivity index (χ2n) is 8.11. The molecule has 2 heterocycles. The number of anilines is 2. The van der Waals surface area contributed by atoms with Crippen LogP contribution in [-0.2, 0) is 23.9 Å². The molecule has 0 radical (unpaired) electrons. The van der Waals surface area contributed by atoms with Gasteiger partial charge in [-0.15, -0.1) is 0 Å². The number of carbonyl (C=O) groups excluding carboxylic acids is 3. The van der Waals surface area contributed by atoms with Gasteiger partial charge in [-0.2, -0.15) is 5.26 Å². The zero-order valence-corrected chi connectivity index (χ0v) is 21.3. The average Bonchev–Trinajstić information content (AvgIpc) is 3.29. The molecule has 0 saturated heterocycles. The number of fused-ring (bicyclic) bond motifs is 1. The highest BCUT2D eigenvalue weighted by Gasteiger charge is 2.43. The van der Waals surface area contributed by atoms with Gasteiger partial charge < -0.3 is 20.5 Å². The summed E-state index contributed by atoms with van der Waals surface area (Å²) in [6.07, 6.45) is 0. The maximum atomic E-state index is 13.3. The Kier molecular flexibility index (Phi) is 6.95. The molecule has 1 aliphatic rings. The minimum absolute atomic E-state index is 0.0468. The second-order valence-corrected chi connectivity index (χ2v) is 9.11. The number of benzene rings is 2. The number of amides is 1. The van der Waals surface area contributed by atoms with Gasteiger partial charge in [-0.1, -0.05) is 47.7 Å². The Hall–Kier alpha value is -4.69. The molecule has 4 rings (SSSR count). The third-order valence-corrected chi connectivity index (χ3v) is 6.84. The Balaban J connectivity index is 2.12. The van der Waals surface area contributed by atoms with Crippen molar-refractivity contribution in [3.63, 3.8) is 0 Å². The number of carbonyl (C=O) groups is 3. The van der Waals surface area contributed by atoms with Crippen LogP contribution in [0.15, 0.2) is 65.1 Å². The third kappa shape index (κ3) is 4.39. The SMILES string of the molecule is COC(=O)C1=C(C(=O)OC)N(c2c(C)ccc3nc(NC(C)=O)sc23)C(N)=C(C#N)C1c1ccccc1. The fourth-order valence-corrected chi connectivity index (χ4v) is 5.40. The number of ether oxygens (including phenoxy) is 2. The van der Waals surface area contributed by atoms with Crippen LogP contribution in [0.3, 0.4) is 0 Å². The molecule has 188 valence electrons. The number of rotatable bonds is 5. The Bertz CT molecular complexity index is 1530. The van der Waals surface area contributed by atoms with Gasteiger partial charge in [0.1, 0.15) is 11.5 Å². The quantitative estimate of drug-likeness (QED) is 0.485. The summed E-state index contributed by atoms with van der Waals surface area (Å²) in [6.45, 7) is 3.16. The molecule has 0 saturated carbocycles. The Morgan fingerprint density at radius 1 is 1.11 bits per heavy atom. The van der Waals surface area contributed by atoms with Crippen LogP contribution in [0.2, 0.25) is 0 Å². The highest BCUT2D eigenvalue weighted by Crippen LogP contribution is 2.46. The molecule has 1 amide bonds. The van der Waals surface area contributed by atoms with Crippen molar-refractivity contribution < 1.29 is 23.9 Å². The van der Waals surface area contributed by atoms with E-state index in [0.29, 0.717) is 32.2 Å². The van der Waals surface area contributed by atoms with Crippen molar-refractivity contribution in [2.75, 3.05) is 24.4 Å². The lowest BCUT2D eigenvalue weighted by molar-refractivity contribution is -0.139. The van der Waals surface area contributed by atoms with Crippen molar-refractivity contribution in [1.82, 2.24) is 4.98 Å². The molecule has 1 aliphatic heterocycles. The first-order valence-corrected chi connectivity index (χ1v) is 11.9. The normalized spacial score (nSPS) is 15.4. The summed E-state index contributed by atoms with van der Waals surface area (Å²) in [5.41, 5.74) is 8.62. The largest absolute Gasteiger partial charge is 0.466 e. The van der Waals surface area contributed by atoms with Crippen molar-refractivity contribution >= 4 is 50.2 Å². The lowest BCUT2D eigenvalue weighted by Gasteiger charge is -2.36. The molecule has 3 N–H and O–H groups in total. The van der Waals surface area contributed by atoms with Crippen LogP contribution in [0.1, 0.15) is 24.0 Å². The van der Waals surface area contributed by atoms with Crippen LogP contribution >= 0.6 is 11.3 Å². The van der Waals surface area contributed by atoms with Gasteiger partial charge in [0.05, 0.1) is 53.3 Å². The van der Waals surface area contributed by atoms with Gasteiger partial charge in [-0.05, 0) is 24.1 Å². The van der Waals surface area contributed by atoms with Gasteiger partial charge in [-0.3, -0.25) is 9.69 Å². The van der Waals surface area contributed by atoms with Gasteiger partial charge in [0.2, 0.25) is 5.91 Å². The van der Waals surface area contributed by atoms with E-state index in [0.717, 1.165) is 0 Å². The summed E-state index contributed by atoms with van der Waals surface area (Å²) < 4.78 is 10.8. The monoisotopic (exact) mass is 517 g/mol. The summed E-state index contributed by atoms with van der Waals surface area (Å²) >= 11 is 1.17. The van der Waals surface area contributed by atoms with Crippen molar-refractivity contribution in [2.45, 2.75) is 19.8 Å². The molecular formula is C26H23N5O5S. The summed E-state index contributed by atoms with van der Waals surface area (Å²) in [7, 11) is 2.38. The number of hydrogen-bond acceptors (Lipinski definition) is 10. The number of methoxy groups -OCH3 is 2. The van der Waals surface area contributed by atoms with Crippen molar-refractivity contribution in [3.8, 4) is 6.07 Å². The van der Waals surface area contributed by atoms with E-state index in [2.05, 4.69) is 16.4 Å². The smallest absolute Gasteiger partial charge is 0.355 e. The number of thiazole rings is 1. The van der Waals surface area contributed by atoms with E-state index in [1.807, 2.05) is 0 Å². The standard InChI is InChI=1S/C26H23N5O5S/c1-13-10-11-17-22(37-26(30-17)29-14(2)32)20(13)31-21(25(34)36-4)19(24(33)35-3)18(16(12-27)23(31)28)15-8-6-5-7-9-15/h5-11,18H,28H2,1-4H3,(H,29,30,32). The third-order valence-electron chi connectivity index (χ3n) is 5.85. The number of nitriles is 1. The summed E-state index contributed by atoms with van der Waals surface area (Å²) in [6, 6.07) is 14.4. The molecule has 10 nitrogen and oxygen atoms in total. The van der Waals surface area contributed by atoms with E-state index in [1.54, 1.807) is 49.4 Å². The second kappa shape index (κ2) is 10.1. The van der Waals surface area contributed by atoms with Crippen LogP contribution in [-0.4, -0.2) is 37.0 Å². The van der Waals surface area contributed by atoms with Crippen LogP contribution in [0.25, 0.3) is 10.2 Å². The number of nitrogens with one attached hydrogen (secondary N) is 1. The summed E-state index contributed by atoms with van der Waals surface area (Å²) in [5.74, 6) is -2.97. The van der Waals surface area contributed by atoms with Crippen LogP contribution in [0, 0.1) is 18.3 Å². The lowest BCUT2D eigenvalue weighted by atomic mass is 9.80. The fraction of sp³-hybridized carbons (Fsp3) is 0.192. The first kappa shape index (κ1) is 25.4. The lowest BCUT2D eigenvalue weighted by Crippen LogP contribution is -2.41. The number of hydrogen-bond donors (Lipinski definition) is 2. The maximum Gasteiger partial charge on any atom is 0.355 e. The predicted molar refractivity (Wildman–Crippen MR) is 138 cm³/mol. The summed E-state index contributed by atoms with van der Waals surface area (Å²) in [5, 5.41) is 13.2. The predicted octanol–water partition coefficient (Wildman–Crippen LogP) is 3.46. The number of aryl methyl sites for hydroxylation is 1. The van der Waals surface area contributed by atoms with Crippen LogP contribution in [0.4, 0.5) is 10.8 Å². The van der Waals surface area contributed by atoms with E-state index in [4.69, 9.17) is 15.2 Å². The van der Waals surface area contributed by atoms with Crippen molar-refractivity contribution in [3.05, 3.63) is 76.3 Å². The minimum Gasteiger partial charge on any atom is -0.466 e. The Morgan fingerprint density at radius 3 is 2.38 bits per heavy atom. The molecule has 0 spiro atoms. The van der Waals surface area contributed by atoms with E-state index in [-0.39, 0.29) is 28.6 Å². The van der Waals surface area contributed by atoms with Gasteiger partial charge in [0.25, 0.3) is 0 Å². The van der Waals surface area contributed by atoms with Crippen LogP contribution < -0.4 is 16.0 Å². The summed E-state index contributed by atoms with van der Waals surface area (Å²) in [4.78, 5) is 44.0. The Morgan fingerprint density at radius 2 is 1.78 bits per heavy atom. The van der Waals surface area contributed by atoms with E-state index < -0.39 is 17.9 Å². The molecule has 37 heavy (non-hydrogen) atoms. The molecule has 0 fully saturated rings. The van der Waals surface area contributed by atoms with Gasteiger partial charge in [0, 0.05) is 6.92 Å². The van der Waals surface area contributed by atoms with Crippen molar-refractivity contribution in [1.29, 1.82) is 5.26 Å². The first-order chi connectivity index (χ1) is 17.7. The number of nitrogens with two attached hydrogens (primary N) is 1. The maximum absolute atomic E-state index is 13.3. The zero-order valence-electron chi connectivity index (χ0n) is 20.5. The number of allylic oxidation sites excluding steroid dienone is 1. The van der Waals surface area contributed by atoms with Gasteiger partial charge in [0.15, 0.2) is 5.13 Å². The van der Waals surface area contributed by atoms with Gasteiger partial charge in [-0.25, -0.2) is 14.6 Å². The topological polar surface area (TPSA) is 148 Å². The highest BCUT2D eigenvalue weighted by atomic mass is 32.1. The molecule has 3 aromatic rings. The molecule has 11 heteroatoms. The van der Waals surface area contributed by atoms with E-state index in [1.165, 1.54) is 37.4 Å². The Labute approximate surface area is 216 Å². The minimum atomic E-state index is -0.972. The molecule has 1 aromatic heterocycles. The first-order valence-electron chi connectivity index (χ1n) is 11.1. The average molecular weight is 518 g/mol. The number of nitrogens with zero attached hydrogens (tertiary/aromatic N) is 3. The van der Waals surface area contributed by atoms with Crippen molar-refractivity contribution in [2.24, 2.45) is 5.73 Å². The number of aromatic nitrogens is 1. The number of esters is 2. The molecule has 1 atom stereocenters. The molecule has 0 bridgehead atoms. The molecule has 2 aromatic carbocycles. The fourth-order valence-electron chi connectivity index (χ4n) is 4.30. The van der Waals surface area contributed by atoms with E-state index in [9.17, 15) is 19.6 Å². The van der Waals surface area contributed by atoms with Crippen LogP contribution in [0.5, 0.6) is 0 Å². The highest BCUT2D eigenvalue weighted by molar-refractivity contribution is 7.23. The van der Waals surface area contributed by atoms with E-state index >= 15 is 0 Å². The van der Waals surface area contributed by atoms with Gasteiger partial charge >= 0.3 is 11.9 Å². The zero-order chi connectivity index (χ0) is 26.9. The molecule has 0 aliphatic carbocycles. The molecule has 1 unspecified atom stereocenters.